The van der Waals surface area contributed by atoms with Crippen LogP contribution in [0.25, 0.3) is 0 Å². The van der Waals surface area contributed by atoms with Crippen LogP contribution in [-0.2, 0) is 10.0 Å². The molecule has 1 aromatic heterocycles. The van der Waals surface area contributed by atoms with E-state index in [1.807, 2.05) is 21.0 Å². The minimum atomic E-state index is -3.24. The van der Waals surface area contributed by atoms with Crippen LogP contribution in [0.3, 0.4) is 0 Å². The van der Waals surface area contributed by atoms with Crippen molar-refractivity contribution in [3.05, 3.63) is 18.5 Å². The second kappa shape index (κ2) is 8.03. The van der Waals surface area contributed by atoms with Gasteiger partial charge in [0.15, 0.2) is 0 Å². The summed E-state index contributed by atoms with van der Waals surface area (Å²) >= 11 is 0. The van der Waals surface area contributed by atoms with Crippen LogP contribution in [0.15, 0.2) is 18.5 Å². The van der Waals surface area contributed by atoms with E-state index in [9.17, 15) is 8.42 Å². The first-order valence-corrected chi connectivity index (χ1v) is 9.73. The maximum Gasteiger partial charge on any atom is 0.225 e. The third-order valence-corrected chi connectivity index (χ3v) is 5.46. The number of hydrogen-bond donors (Lipinski definition) is 1. The highest BCUT2D eigenvalue weighted by molar-refractivity contribution is 7.89. The third kappa shape index (κ3) is 5.40. The van der Waals surface area contributed by atoms with E-state index in [0.717, 1.165) is 19.5 Å². The van der Waals surface area contributed by atoms with Crippen molar-refractivity contribution in [3.63, 3.8) is 0 Å². The predicted molar refractivity (Wildman–Crippen MR) is 91.9 cm³/mol. The van der Waals surface area contributed by atoms with Crippen LogP contribution in [0.1, 0.15) is 19.8 Å². The van der Waals surface area contributed by atoms with Crippen LogP contribution in [-0.4, -0.2) is 68.8 Å². The number of anilines is 1. The van der Waals surface area contributed by atoms with Gasteiger partial charge in [-0.3, -0.25) is 0 Å². The van der Waals surface area contributed by atoms with Gasteiger partial charge in [-0.25, -0.2) is 23.1 Å². The van der Waals surface area contributed by atoms with Gasteiger partial charge in [-0.15, -0.1) is 0 Å². The molecule has 0 bridgehead atoms. The Morgan fingerprint density at radius 1 is 1.30 bits per heavy atom. The number of sulfonamides is 1. The van der Waals surface area contributed by atoms with E-state index in [1.165, 1.54) is 0 Å². The number of rotatable bonds is 8. The Morgan fingerprint density at radius 3 is 2.61 bits per heavy atom. The van der Waals surface area contributed by atoms with Crippen LogP contribution in [0.4, 0.5) is 5.95 Å². The number of unbranched alkanes of at least 4 members (excludes halogenated alkanes) is 1. The van der Waals surface area contributed by atoms with Gasteiger partial charge < -0.3 is 9.80 Å². The Bertz CT molecular complexity index is 579. The van der Waals surface area contributed by atoms with Gasteiger partial charge in [-0.2, -0.15) is 0 Å². The standard InChI is InChI=1S/C15H27N5O2S/c1-4-5-9-23(21,22)18-14-12-20(11-13(14)10-19(2)3)15-16-7-6-8-17-15/h6-8,13-14,18H,4-5,9-12H2,1-3H3/t13-,14-/m1/s1. The van der Waals surface area contributed by atoms with E-state index in [1.54, 1.807) is 18.5 Å². The van der Waals surface area contributed by atoms with Crippen molar-refractivity contribution in [1.29, 1.82) is 0 Å². The van der Waals surface area contributed by atoms with E-state index in [4.69, 9.17) is 0 Å². The molecular weight excluding hydrogens is 314 g/mol. The zero-order valence-corrected chi connectivity index (χ0v) is 15.0. The highest BCUT2D eigenvalue weighted by Crippen LogP contribution is 2.22. The normalized spacial score (nSPS) is 22.0. The summed E-state index contributed by atoms with van der Waals surface area (Å²) in [7, 11) is 0.771. The van der Waals surface area contributed by atoms with Crippen LogP contribution in [0.5, 0.6) is 0 Å². The molecule has 0 saturated carbocycles. The smallest absolute Gasteiger partial charge is 0.225 e. The fourth-order valence-electron chi connectivity index (χ4n) is 2.90. The summed E-state index contributed by atoms with van der Waals surface area (Å²) in [6, 6.07) is 1.67. The molecule has 1 aliphatic heterocycles. The Hall–Kier alpha value is -1.25. The summed E-state index contributed by atoms with van der Waals surface area (Å²) in [5, 5.41) is 0. The van der Waals surface area contributed by atoms with Gasteiger partial charge in [0.2, 0.25) is 16.0 Å². The van der Waals surface area contributed by atoms with Gasteiger partial charge in [0.25, 0.3) is 0 Å². The Kier molecular flexibility index (Phi) is 6.32. The molecule has 7 nitrogen and oxygen atoms in total. The topological polar surface area (TPSA) is 78.4 Å². The molecule has 1 aliphatic rings. The molecule has 0 aromatic carbocycles. The van der Waals surface area contributed by atoms with E-state index in [2.05, 4.69) is 24.5 Å². The van der Waals surface area contributed by atoms with Crippen molar-refractivity contribution >= 4 is 16.0 Å². The summed E-state index contributed by atoms with van der Waals surface area (Å²) in [5.41, 5.74) is 0. The fraction of sp³-hybridized carbons (Fsp3) is 0.733. The summed E-state index contributed by atoms with van der Waals surface area (Å²) < 4.78 is 27.4. The minimum Gasteiger partial charge on any atom is -0.339 e. The van der Waals surface area contributed by atoms with Gasteiger partial charge in [-0.05, 0) is 26.6 Å². The molecule has 1 saturated heterocycles. The van der Waals surface area contributed by atoms with Crippen molar-refractivity contribution in [2.45, 2.75) is 25.8 Å². The van der Waals surface area contributed by atoms with Crippen LogP contribution >= 0.6 is 0 Å². The number of aromatic nitrogens is 2. The van der Waals surface area contributed by atoms with Crippen LogP contribution < -0.4 is 9.62 Å². The second-order valence-corrected chi connectivity index (χ2v) is 8.25. The highest BCUT2D eigenvalue weighted by Gasteiger charge is 2.36. The van der Waals surface area contributed by atoms with Gasteiger partial charge in [0, 0.05) is 44.0 Å². The molecule has 2 rings (SSSR count). The Labute approximate surface area is 139 Å². The van der Waals surface area contributed by atoms with Gasteiger partial charge in [0.1, 0.15) is 0 Å². The van der Waals surface area contributed by atoms with Gasteiger partial charge in [-0.1, -0.05) is 13.3 Å². The molecule has 8 heteroatoms. The summed E-state index contributed by atoms with van der Waals surface area (Å²) in [6.07, 6.45) is 4.98. The van der Waals surface area contributed by atoms with Crippen molar-refractivity contribution < 1.29 is 8.42 Å². The Morgan fingerprint density at radius 2 is 2.00 bits per heavy atom. The monoisotopic (exact) mass is 341 g/mol. The average molecular weight is 341 g/mol. The molecule has 0 aliphatic carbocycles. The van der Waals surface area contributed by atoms with Crippen molar-refractivity contribution in [2.24, 2.45) is 5.92 Å². The fourth-order valence-corrected chi connectivity index (χ4v) is 4.42. The molecule has 0 spiro atoms. The van der Waals surface area contributed by atoms with Gasteiger partial charge >= 0.3 is 0 Å². The lowest BCUT2D eigenvalue weighted by molar-refractivity contribution is 0.315. The predicted octanol–water partition coefficient (Wildman–Crippen LogP) is 0.563. The lowest BCUT2D eigenvalue weighted by atomic mass is 10.0. The molecular formula is C15H27N5O2S. The lowest BCUT2D eigenvalue weighted by Gasteiger charge is -2.22. The number of nitrogens with one attached hydrogen (secondary N) is 1. The average Bonchev–Trinajstić information content (AvgIpc) is 2.87. The maximum atomic E-state index is 12.2. The van der Waals surface area contributed by atoms with Crippen molar-refractivity contribution in [2.75, 3.05) is 44.4 Å². The number of nitrogens with zero attached hydrogens (tertiary/aromatic N) is 4. The van der Waals surface area contributed by atoms with Crippen molar-refractivity contribution in [1.82, 2.24) is 19.6 Å². The molecule has 130 valence electrons. The third-order valence-electron chi connectivity index (χ3n) is 3.97. The summed E-state index contributed by atoms with van der Waals surface area (Å²) in [4.78, 5) is 12.7. The second-order valence-electron chi connectivity index (χ2n) is 6.37. The zero-order chi connectivity index (χ0) is 16.9. The first kappa shape index (κ1) is 18.1. The summed E-state index contributed by atoms with van der Waals surface area (Å²) in [6.45, 7) is 4.18. The quantitative estimate of drug-likeness (QED) is 0.744. The largest absolute Gasteiger partial charge is 0.339 e. The number of hydrogen-bond acceptors (Lipinski definition) is 6. The molecule has 23 heavy (non-hydrogen) atoms. The molecule has 2 heterocycles. The van der Waals surface area contributed by atoms with Crippen molar-refractivity contribution in [3.8, 4) is 0 Å². The van der Waals surface area contributed by atoms with Crippen LogP contribution in [0.2, 0.25) is 0 Å². The highest BCUT2D eigenvalue weighted by atomic mass is 32.2. The molecule has 1 N–H and O–H groups in total. The molecule has 0 amide bonds. The van der Waals surface area contributed by atoms with E-state index in [-0.39, 0.29) is 17.7 Å². The lowest BCUT2D eigenvalue weighted by Crippen LogP contribution is -2.44. The van der Waals surface area contributed by atoms with E-state index >= 15 is 0 Å². The zero-order valence-electron chi connectivity index (χ0n) is 14.1. The molecule has 2 atom stereocenters. The minimum absolute atomic E-state index is 0.108. The van der Waals surface area contributed by atoms with E-state index in [0.29, 0.717) is 18.9 Å². The molecule has 0 unspecified atom stereocenters. The molecule has 1 aromatic rings. The van der Waals surface area contributed by atoms with E-state index < -0.39 is 10.0 Å². The van der Waals surface area contributed by atoms with Gasteiger partial charge in [0.05, 0.1) is 5.75 Å². The molecule has 0 radical (unpaired) electrons. The first-order chi connectivity index (χ1) is 10.9. The maximum absolute atomic E-state index is 12.2. The summed E-state index contributed by atoms with van der Waals surface area (Å²) in [5.74, 6) is 1.06. The molecule has 1 fully saturated rings. The van der Waals surface area contributed by atoms with Crippen LogP contribution in [0, 0.1) is 5.92 Å². The first-order valence-electron chi connectivity index (χ1n) is 8.08. The SMILES string of the molecule is CCCCS(=O)(=O)N[C@@H]1CN(c2ncccn2)C[C@H]1CN(C)C. The Balaban J connectivity index is 2.08.